The quantitative estimate of drug-likeness (QED) is 0.590. The molecule has 7 heteroatoms. The van der Waals surface area contributed by atoms with Crippen molar-refractivity contribution in [2.24, 2.45) is 5.92 Å². The number of rotatable bonds is 5. The minimum Gasteiger partial charge on any atom is -0.378 e. The van der Waals surface area contributed by atoms with E-state index in [1.807, 2.05) is 23.1 Å². The number of likely N-dealkylation sites (tertiary alicyclic amines) is 1. The van der Waals surface area contributed by atoms with E-state index in [1.54, 1.807) is 0 Å². The van der Waals surface area contributed by atoms with Crippen LogP contribution in [0, 0.1) is 5.92 Å². The number of halogens is 1. The SMILES string of the molecule is O=C([C@H]1CCCN(Cc2nc3ccccc3n2Cc2ccc(Cl)cc2)C1)N1CCOCC1. The molecule has 0 saturated carbocycles. The molecule has 2 aliphatic rings. The van der Waals surface area contributed by atoms with Gasteiger partial charge in [-0.3, -0.25) is 9.69 Å². The molecule has 2 aliphatic heterocycles. The average molecular weight is 453 g/mol. The molecule has 168 valence electrons. The van der Waals surface area contributed by atoms with Gasteiger partial charge < -0.3 is 14.2 Å². The molecule has 0 N–H and O–H groups in total. The van der Waals surface area contributed by atoms with Gasteiger partial charge in [0.15, 0.2) is 0 Å². The number of hydrogen-bond donors (Lipinski definition) is 0. The average Bonchev–Trinajstić information content (AvgIpc) is 3.17. The highest BCUT2D eigenvalue weighted by Crippen LogP contribution is 2.24. The zero-order valence-electron chi connectivity index (χ0n) is 18.3. The Morgan fingerprint density at radius 2 is 1.81 bits per heavy atom. The highest BCUT2D eigenvalue weighted by atomic mass is 35.5. The monoisotopic (exact) mass is 452 g/mol. The third-order valence-corrected chi connectivity index (χ3v) is 6.78. The summed E-state index contributed by atoms with van der Waals surface area (Å²) in [5.74, 6) is 1.39. The van der Waals surface area contributed by atoms with Gasteiger partial charge in [-0.2, -0.15) is 0 Å². The van der Waals surface area contributed by atoms with Gasteiger partial charge in [0.05, 0.1) is 36.7 Å². The number of imidazole rings is 1. The van der Waals surface area contributed by atoms with E-state index in [0.717, 1.165) is 60.9 Å². The lowest BCUT2D eigenvalue weighted by molar-refractivity contribution is -0.141. The van der Waals surface area contributed by atoms with E-state index in [4.69, 9.17) is 21.3 Å². The number of ether oxygens (including phenoxy) is 1. The first-order chi connectivity index (χ1) is 15.7. The largest absolute Gasteiger partial charge is 0.378 e. The summed E-state index contributed by atoms with van der Waals surface area (Å²) >= 11 is 6.08. The topological polar surface area (TPSA) is 50.6 Å². The zero-order valence-corrected chi connectivity index (χ0v) is 19.0. The van der Waals surface area contributed by atoms with Crippen LogP contribution < -0.4 is 0 Å². The summed E-state index contributed by atoms with van der Waals surface area (Å²) in [5.41, 5.74) is 3.34. The molecule has 1 aromatic heterocycles. The summed E-state index contributed by atoms with van der Waals surface area (Å²) in [7, 11) is 0. The normalized spacial score (nSPS) is 20.0. The molecule has 5 rings (SSSR count). The van der Waals surface area contributed by atoms with Crippen molar-refractivity contribution < 1.29 is 9.53 Å². The molecule has 1 atom stereocenters. The van der Waals surface area contributed by atoms with E-state index in [2.05, 4.69) is 39.8 Å². The Bertz CT molecular complexity index is 1080. The van der Waals surface area contributed by atoms with E-state index >= 15 is 0 Å². The third kappa shape index (κ3) is 4.68. The maximum atomic E-state index is 13.0. The Morgan fingerprint density at radius 1 is 1.03 bits per heavy atom. The summed E-state index contributed by atoms with van der Waals surface area (Å²) in [5, 5.41) is 0.744. The van der Waals surface area contributed by atoms with E-state index in [1.165, 1.54) is 5.56 Å². The van der Waals surface area contributed by atoms with E-state index in [-0.39, 0.29) is 11.8 Å². The van der Waals surface area contributed by atoms with Gasteiger partial charge >= 0.3 is 0 Å². The number of morpholine rings is 1. The number of nitrogens with zero attached hydrogens (tertiary/aromatic N) is 4. The van der Waals surface area contributed by atoms with Crippen LogP contribution in [0.4, 0.5) is 0 Å². The van der Waals surface area contributed by atoms with Gasteiger partial charge in [0.25, 0.3) is 0 Å². The van der Waals surface area contributed by atoms with Crippen LogP contribution in [-0.2, 0) is 22.6 Å². The molecule has 0 bridgehead atoms. The summed E-state index contributed by atoms with van der Waals surface area (Å²) in [6.45, 7) is 6.01. The van der Waals surface area contributed by atoms with Crippen molar-refractivity contribution in [1.29, 1.82) is 0 Å². The Morgan fingerprint density at radius 3 is 2.62 bits per heavy atom. The lowest BCUT2D eigenvalue weighted by Crippen LogP contribution is -2.48. The fourth-order valence-electron chi connectivity index (χ4n) is 4.84. The van der Waals surface area contributed by atoms with Crippen LogP contribution in [0.5, 0.6) is 0 Å². The van der Waals surface area contributed by atoms with Crippen LogP contribution >= 0.6 is 11.6 Å². The standard InChI is InChI=1S/C25H29ClN4O2/c26-21-9-7-19(8-10-21)16-30-23-6-2-1-5-22(23)27-24(30)18-28-11-3-4-20(17-28)25(31)29-12-14-32-15-13-29/h1-2,5-10,20H,3-4,11-18H2/t20-/m0/s1. The number of benzene rings is 2. The second-order valence-corrected chi connectivity index (χ2v) is 9.18. The van der Waals surface area contributed by atoms with Crippen molar-refractivity contribution in [3.63, 3.8) is 0 Å². The molecule has 6 nitrogen and oxygen atoms in total. The summed E-state index contributed by atoms with van der Waals surface area (Å²) in [4.78, 5) is 22.4. The van der Waals surface area contributed by atoms with Crippen molar-refractivity contribution in [1.82, 2.24) is 19.4 Å². The third-order valence-electron chi connectivity index (χ3n) is 6.53. The molecule has 1 amide bonds. The van der Waals surface area contributed by atoms with Crippen molar-refractivity contribution in [3.05, 3.63) is 64.9 Å². The molecular formula is C25H29ClN4O2. The number of piperidine rings is 1. The molecule has 0 unspecified atom stereocenters. The molecule has 2 fully saturated rings. The van der Waals surface area contributed by atoms with Crippen molar-refractivity contribution in [2.75, 3.05) is 39.4 Å². The van der Waals surface area contributed by atoms with Crippen LogP contribution in [0.1, 0.15) is 24.2 Å². The molecule has 2 aromatic carbocycles. The van der Waals surface area contributed by atoms with Crippen LogP contribution in [0.25, 0.3) is 11.0 Å². The number of aromatic nitrogens is 2. The van der Waals surface area contributed by atoms with Gasteiger partial charge in [-0.15, -0.1) is 0 Å². The summed E-state index contributed by atoms with van der Waals surface area (Å²) in [6.07, 6.45) is 2.01. The van der Waals surface area contributed by atoms with Crippen LogP contribution in [0.3, 0.4) is 0 Å². The lowest BCUT2D eigenvalue weighted by atomic mass is 9.96. The van der Waals surface area contributed by atoms with E-state index in [9.17, 15) is 4.79 Å². The Labute approximate surface area is 193 Å². The minimum absolute atomic E-state index is 0.0657. The number of fused-ring (bicyclic) bond motifs is 1. The van der Waals surface area contributed by atoms with Crippen LogP contribution in [-0.4, -0.2) is 64.7 Å². The van der Waals surface area contributed by atoms with Crippen LogP contribution in [0.2, 0.25) is 5.02 Å². The smallest absolute Gasteiger partial charge is 0.227 e. The van der Waals surface area contributed by atoms with Gasteiger partial charge in [-0.1, -0.05) is 35.9 Å². The molecule has 0 radical (unpaired) electrons. The Kier molecular flexibility index (Phi) is 6.44. The maximum Gasteiger partial charge on any atom is 0.227 e. The molecule has 32 heavy (non-hydrogen) atoms. The van der Waals surface area contributed by atoms with Gasteiger partial charge in [0, 0.05) is 31.2 Å². The number of para-hydroxylation sites is 2. The first-order valence-corrected chi connectivity index (χ1v) is 11.8. The van der Waals surface area contributed by atoms with E-state index in [0.29, 0.717) is 26.3 Å². The highest BCUT2D eigenvalue weighted by Gasteiger charge is 2.30. The fourth-order valence-corrected chi connectivity index (χ4v) is 4.96. The van der Waals surface area contributed by atoms with Crippen molar-refractivity contribution >= 4 is 28.5 Å². The van der Waals surface area contributed by atoms with Gasteiger partial charge in [-0.25, -0.2) is 4.98 Å². The minimum atomic E-state index is 0.0657. The van der Waals surface area contributed by atoms with Gasteiger partial charge in [0.1, 0.15) is 5.82 Å². The zero-order chi connectivity index (χ0) is 21.9. The number of hydrogen-bond acceptors (Lipinski definition) is 4. The number of carbonyl (C=O) groups is 1. The van der Waals surface area contributed by atoms with Gasteiger partial charge in [-0.05, 0) is 49.2 Å². The molecule has 0 aliphatic carbocycles. The Balaban J connectivity index is 1.35. The second kappa shape index (κ2) is 9.61. The van der Waals surface area contributed by atoms with Gasteiger partial charge in [0.2, 0.25) is 5.91 Å². The predicted octanol–water partition coefficient (Wildman–Crippen LogP) is 3.81. The molecule has 3 aromatic rings. The van der Waals surface area contributed by atoms with Crippen molar-refractivity contribution in [3.8, 4) is 0 Å². The van der Waals surface area contributed by atoms with Crippen LogP contribution in [0.15, 0.2) is 48.5 Å². The molecular weight excluding hydrogens is 424 g/mol. The number of carbonyl (C=O) groups excluding carboxylic acids is 1. The second-order valence-electron chi connectivity index (χ2n) is 8.74. The predicted molar refractivity (Wildman–Crippen MR) is 126 cm³/mol. The van der Waals surface area contributed by atoms with E-state index < -0.39 is 0 Å². The molecule has 3 heterocycles. The molecule has 0 spiro atoms. The van der Waals surface area contributed by atoms with Crippen molar-refractivity contribution in [2.45, 2.75) is 25.9 Å². The Hall–Kier alpha value is -2.41. The number of amides is 1. The maximum absolute atomic E-state index is 13.0. The highest BCUT2D eigenvalue weighted by molar-refractivity contribution is 6.30. The summed E-state index contributed by atoms with van der Waals surface area (Å²) in [6, 6.07) is 16.3. The first-order valence-electron chi connectivity index (χ1n) is 11.4. The lowest BCUT2D eigenvalue weighted by Gasteiger charge is -2.36. The summed E-state index contributed by atoms with van der Waals surface area (Å²) < 4.78 is 7.71. The fraction of sp³-hybridized carbons (Fsp3) is 0.440. The molecule has 2 saturated heterocycles. The first kappa shape index (κ1) is 21.4.